The van der Waals surface area contributed by atoms with Gasteiger partial charge in [-0.15, -0.1) is 0 Å². The van der Waals surface area contributed by atoms with Crippen LogP contribution in [0.1, 0.15) is 13.3 Å². The lowest BCUT2D eigenvalue weighted by atomic mass is 10.1. The first kappa shape index (κ1) is 18.5. The van der Waals surface area contributed by atoms with Gasteiger partial charge in [-0.1, -0.05) is 11.3 Å². The van der Waals surface area contributed by atoms with E-state index in [-0.39, 0.29) is 12.1 Å². The Balaban J connectivity index is 1.72. The van der Waals surface area contributed by atoms with Gasteiger partial charge < -0.3 is 14.8 Å². The summed E-state index contributed by atoms with van der Waals surface area (Å²) in [5.74, 6) is -0.156. The highest BCUT2D eigenvalue weighted by Gasteiger charge is 2.22. The van der Waals surface area contributed by atoms with E-state index in [0.717, 1.165) is 6.42 Å². The van der Waals surface area contributed by atoms with Crippen LogP contribution >= 0.6 is 11.3 Å². The SMILES string of the molecule is CCNC(=O)Nc1nc2cc(-c3ccc(F)nc3)c(OC3CCOC3)nc2s1. The lowest BCUT2D eigenvalue weighted by Crippen LogP contribution is -2.28. The largest absolute Gasteiger partial charge is 0.471 e. The number of hydrogen-bond donors (Lipinski definition) is 2. The maximum atomic E-state index is 13.2. The maximum Gasteiger partial charge on any atom is 0.321 e. The molecule has 4 heterocycles. The lowest BCUT2D eigenvalue weighted by molar-refractivity contribution is 0.139. The van der Waals surface area contributed by atoms with Gasteiger partial charge in [0, 0.05) is 30.3 Å². The Morgan fingerprint density at radius 3 is 3.04 bits per heavy atom. The molecule has 2 N–H and O–H groups in total. The molecule has 3 aromatic rings. The average molecular weight is 403 g/mol. The number of pyridine rings is 2. The smallest absolute Gasteiger partial charge is 0.321 e. The number of rotatable bonds is 5. The molecule has 0 aliphatic carbocycles. The minimum atomic E-state index is -0.563. The lowest BCUT2D eigenvalue weighted by Gasteiger charge is -2.14. The van der Waals surface area contributed by atoms with Crippen molar-refractivity contribution in [2.45, 2.75) is 19.4 Å². The van der Waals surface area contributed by atoms with E-state index >= 15 is 0 Å². The molecule has 10 heteroatoms. The van der Waals surface area contributed by atoms with Crippen LogP contribution in [0.4, 0.5) is 14.3 Å². The number of nitrogens with zero attached hydrogens (tertiary/aromatic N) is 3. The number of thiazole rings is 1. The van der Waals surface area contributed by atoms with Gasteiger partial charge in [0.25, 0.3) is 0 Å². The summed E-state index contributed by atoms with van der Waals surface area (Å²) in [6.45, 7) is 3.48. The Bertz CT molecular complexity index is 989. The van der Waals surface area contributed by atoms with E-state index in [4.69, 9.17) is 9.47 Å². The van der Waals surface area contributed by atoms with Gasteiger partial charge in [-0.05, 0) is 25.1 Å². The van der Waals surface area contributed by atoms with Crippen molar-refractivity contribution < 1.29 is 18.7 Å². The van der Waals surface area contributed by atoms with Crippen LogP contribution in [0.25, 0.3) is 21.5 Å². The number of amides is 2. The number of carbonyl (C=O) groups excluding carboxylic acids is 1. The van der Waals surface area contributed by atoms with Crippen LogP contribution in [0.2, 0.25) is 0 Å². The van der Waals surface area contributed by atoms with Crippen molar-refractivity contribution in [2.75, 3.05) is 25.1 Å². The first-order valence-electron chi connectivity index (χ1n) is 8.85. The molecule has 0 aromatic carbocycles. The van der Waals surface area contributed by atoms with Crippen molar-refractivity contribution in [1.29, 1.82) is 0 Å². The summed E-state index contributed by atoms with van der Waals surface area (Å²) in [7, 11) is 0. The van der Waals surface area contributed by atoms with E-state index in [0.29, 0.717) is 52.2 Å². The van der Waals surface area contributed by atoms with E-state index in [1.165, 1.54) is 23.6 Å². The fourth-order valence-electron chi connectivity index (χ4n) is 2.80. The van der Waals surface area contributed by atoms with Crippen LogP contribution in [0.15, 0.2) is 24.4 Å². The highest BCUT2D eigenvalue weighted by molar-refractivity contribution is 7.22. The quantitative estimate of drug-likeness (QED) is 0.635. The van der Waals surface area contributed by atoms with Gasteiger partial charge >= 0.3 is 6.03 Å². The Kier molecular flexibility index (Phi) is 5.31. The van der Waals surface area contributed by atoms with E-state index in [1.807, 2.05) is 13.0 Å². The zero-order valence-electron chi connectivity index (χ0n) is 15.1. The molecule has 0 saturated carbocycles. The standard InChI is InChI=1S/C18H18FN5O3S/c1-2-20-17(25)24-18-22-13-7-12(10-3-4-14(19)21-8-10)15(23-16(13)28-18)27-11-5-6-26-9-11/h3-4,7-8,11H,2,5-6,9H2,1H3,(H2,20,22,24,25). The molecular weight excluding hydrogens is 385 g/mol. The second kappa shape index (κ2) is 8.03. The van der Waals surface area contributed by atoms with Gasteiger partial charge in [-0.2, -0.15) is 4.39 Å². The normalized spacial score (nSPS) is 16.3. The van der Waals surface area contributed by atoms with Gasteiger partial charge in [0.15, 0.2) is 5.13 Å². The molecule has 2 amide bonds. The Morgan fingerprint density at radius 1 is 1.43 bits per heavy atom. The van der Waals surface area contributed by atoms with Crippen molar-refractivity contribution >= 4 is 32.8 Å². The number of nitrogens with one attached hydrogen (secondary N) is 2. The van der Waals surface area contributed by atoms with Crippen molar-refractivity contribution in [3.63, 3.8) is 0 Å². The zero-order valence-corrected chi connectivity index (χ0v) is 15.9. The van der Waals surface area contributed by atoms with Crippen LogP contribution in [-0.4, -0.2) is 46.8 Å². The summed E-state index contributed by atoms with van der Waals surface area (Å²) >= 11 is 1.25. The Morgan fingerprint density at radius 2 is 2.32 bits per heavy atom. The summed E-state index contributed by atoms with van der Waals surface area (Å²) in [5.41, 5.74) is 1.92. The van der Waals surface area contributed by atoms with E-state index < -0.39 is 5.95 Å². The highest BCUT2D eigenvalue weighted by atomic mass is 32.1. The first-order valence-corrected chi connectivity index (χ1v) is 9.67. The third kappa shape index (κ3) is 4.02. The molecule has 1 aliphatic rings. The number of anilines is 1. The molecular formula is C18H18FN5O3S. The summed E-state index contributed by atoms with van der Waals surface area (Å²) in [4.78, 5) is 25.1. The van der Waals surface area contributed by atoms with E-state index in [1.54, 1.807) is 6.07 Å². The number of hydrogen-bond acceptors (Lipinski definition) is 7. The third-order valence-corrected chi connectivity index (χ3v) is 4.99. The van der Waals surface area contributed by atoms with Gasteiger partial charge in [0.05, 0.1) is 13.2 Å². The fraction of sp³-hybridized carbons (Fsp3) is 0.333. The van der Waals surface area contributed by atoms with Crippen LogP contribution < -0.4 is 15.4 Å². The van der Waals surface area contributed by atoms with Crippen molar-refractivity contribution in [3.05, 3.63) is 30.3 Å². The molecule has 1 aliphatic heterocycles. The Hall–Kier alpha value is -2.85. The molecule has 3 aromatic heterocycles. The second-order valence-corrected chi connectivity index (χ2v) is 7.12. The predicted molar refractivity (Wildman–Crippen MR) is 103 cm³/mol. The molecule has 8 nitrogen and oxygen atoms in total. The molecule has 146 valence electrons. The first-order chi connectivity index (χ1) is 13.6. The minimum Gasteiger partial charge on any atom is -0.471 e. The number of ether oxygens (including phenoxy) is 2. The highest BCUT2D eigenvalue weighted by Crippen LogP contribution is 2.35. The summed E-state index contributed by atoms with van der Waals surface area (Å²) in [5, 5.41) is 5.77. The monoisotopic (exact) mass is 403 g/mol. The zero-order chi connectivity index (χ0) is 19.5. The summed E-state index contributed by atoms with van der Waals surface area (Å²) in [6.07, 6.45) is 2.10. The van der Waals surface area contributed by atoms with Crippen LogP contribution in [0.3, 0.4) is 0 Å². The van der Waals surface area contributed by atoms with Crippen molar-refractivity contribution in [2.24, 2.45) is 0 Å². The minimum absolute atomic E-state index is 0.0991. The van der Waals surface area contributed by atoms with E-state index in [2.05, 4.69) is 25.6 Å². The predicted octanol–water partition coefficient (Wildman–Crippen LogP) is 3.20. The molecule has 0 radical (unpaired) electrons. The van der Waals surface area contributed by atoms with Gasteiger partial charge in [-0.25, -0.2) is 19.7 Å². The number of urea groups is 1. The number of aromatic nitrogens is 3. The molecule has 1 unspecified atom stereocenters. The second-order valence-electron chi connectivity index (χ2n) is 6.14. The van der Waals surface area contributed by atoms with Crippen molar-refractivity contribution in [3.8, 4) is 17.0 Å². The molecule has 0 spiro atoms. The number of fused-ring (bicyclic) bond motifs is 1. The Labute approximate surface area is 164 Å². The maximum absolute atomic E-state index is 13.2. The molecule has 1 saturated heterocycles. The molecule has 0 bridgehead atoms. The van der Waals surface area contributed by atoms with Gasteiger partial charge in [-0.3, -0.25) is 5.32 Å². The topological polar surface area (TPSA) is 98.3 Å². The third-order valence-electron chi connectivity index (χ3n) is 4.11. The van der Waals surface area contributed by atoms with Gasteiger partial charge in [0.1, 0.15) is 16.5 Å². The number of halogens is 1. The van der Waals surface area contributed by atoms with Gasteiger partial charge in [0.2, 0.25) is 11.8 Å². The molecule has 1 atom stereocenters. The average Bonchev–Trinajstić information content (AvgIpc) is 3.31. The summed E-state index contributed by atoms with van der Waals surface area (Å²) < 4.78 is 24.7. The van der Waals surface area contributed by atoms with Crippen molar-refractivity contribution in [1.82, 2.24) is 20.3 Å². The molecule has 4 rings (SSSR count). The van der Waals surface area contributed by atoms with Crippen LogP contribution in [0.5, 0.6) is 5.88 Å². The molecule has 1 fully saturated rings. The van der Waals surface area contributed by atoms with Crippen LogP contribution in [-0.2, 0) is 4.74 Å². The fourth-order valence-corrected chi connectivity index (χ4v) is 3.61. The summed E-state index contributed by atoms with van der Waals surface area (Å²) in [6, 6.07) is 4.38. The van der Waals surface area contributed by atoms with E-state index in [9.17, 15) is 9.18 Å². The number of carbonyl (C=O) groups is 1. The molecule has 28 heavy (non-hydrogen) atoms. The van der Waals surface area contributed by atoms with Crippen LogP contribution in [0, 0.1) is 5.95 Å².